The fourth-order valence-electron chi connectivity index (χ4n) is 3.26. The molecule has 0 bridgehead atoms. The van der Waals surface area contributed by atoms with Gasteiger partial charge in [-0.2, -0.15) is 5.10 Å². The van der Waals surface area contributed by atoms with E-state index in [9.17, 15) is 9.59 Å². The molecular formula is C25H29N3O3. The van der Waals surface area contributed by atoms with Gasteiger partial charge in [-0.25, -0.2) is 4.68 Å². The van der Waals surface area contributed by atoms with Crippen molar-refractivity contribution < 1.29 is 9.53 Å². The lowest BCUT2D eigenvalue weighted by molar-refractivity contribution is 0.0931. The van der Waals surface area contributed by atoms with Crippen LogP contribution in [0.25, 0.3) is 0 Å². The lowest BCUT2D eigenvalue weighted by Crippen LogP contribution is -2.32. The van der Waals surface area contributed by atoms with Gasteiger partial charge in [0.15, 0.2) is 0 Å². The van der Waals surface area contributed by atoms with E-state index in [0.717, 1.165) is 17.7 Å². The summed E-state index contributed by atoms with van der Waals surface area (Å²) in [6.07, 6.45) is 1.03. The van der Waals surface area contributed by atoms with Gasteiger partial charge < -0.3 is 10.1 Å². The minimum absolute atomic E-state index is 0.177. The summed E-state index contributed by atoms with van der Waals surface area (Å²) < 4.78 is 6.87. The van der Waals surface area contributed by atoms with Crippen LogP contribution in [-0.4, -0.2) is 22.3 Å². The molecule has 162 valence electrons. The Morgan fingerprint density at radius 2 is 1.71 bits per heavy atom. The van der Waals surface area contributed by atoms with Gasteiger partial charge in [0.1, 0.15) is 18.1 Å². The van der Waals surface area contributed by atoms with Gasteiger partial charge in [0.05, 0.1) is 12.6 Å². The topological polar surface area (TPSA) is 73.2 Å². The first-order valence-electron chi connectivity index (χ1n) is 10.6. The van der Waals surface area contributed by atoms with E-state index >= 15 is 0 Å². The Labute approximate surface area is 182 Å². The van der Waals surface area contributed by atoms with Gasteiger partial charge in [0, 0.05) is 6.07 Å². The molecule has 6 heteroatoms. The highest BCUT2D eigenvalue weighted by atomic mass is 16.5. The number of para-hydroxylation sites is 1. The largest absolute Gasteiger partial charge is 0.492 e. The van der Waals surface area contributed by atoms with E-state index in [1.807, 2.05) is 49.4 Å². The van der Waals surface area contributed by atoms with Crippen LogP contribution in [0.2, 0.25) is 0 Å². The maximum absolute atomic E-state index is 12.7. The molecule has 1 heterocycles. The first kappa shape index (κ1) is 22.3. The molecule has 0 saturated heterocycles. The first-order chi connectivity index (χ1) is 14.9. The minimum atomic E-state index is -0.323. The summed E-state index contributed by atoms with van der Waals surface area (Å²) in [5.41, 5.74) is 2.22. The molecule has 3 rings (SSSR count). The van der Waals surface area contributed by atoms with Crippen molar-refractivity contribution in [1.29, 1.82) is 0 Å². The molecule has 0 fully saturated rings. The van der Waals surface area contributed by atoms with Crippen molar-refractivity contribution in [2.75, 3.05) is 6.61 Å². The summed E-state index contributed by atoms with van der Waals surface area (Å²) in [5, 5.41) is 7.16. The SMILES string of the molecule is CC(C)Cc1ccc(C(C)NC(=O)c2ccc(=O)n(CCOc3ccccc3)n2)cc1. The summed E-state index contributed by atoms with van der Waals surface area (Å²) in [4.78, 5) is 24.8. The highest BCUT2D eigenvalue weighted by Crippen LogP contribution is 2.16. The fraction of sp³-hybridized carbons (Fsp3) is 0.320. The number of benzene rings is 2. The van der Waals surface area contributed by atoms with Gasteiger partial charge in [-0.1, -0.05) is 56.3 Å². The summed E-state index contributed by atoms with van der Waals surface area (Å²) in [6, 6.07) is 20.3. The highest BCUT2D eigenvalue weighted by molar-refractivity contribution is 5.92. The van der Waals surface area contributed by atoms with Gasteiger partial charge >= 0.3 is 0 Å². The Hall–Kier alpha value is -3.41. The van der Waals surface area contributed by atoms with Crippen LogP contribution in [0.3, 0.4) is 0 Å². The number of carbonyl (C=O) groups excluding carboxylic acids is 1. The predicted molar refractivity (Wildman–Crippen MR) is 121 cm³/mol. The minimum Gasteiger partial charge on any atom is -0.492 e. The van der Waals surface area contributed by atoms with Crippen LogP contribution in [0, 0.1) is 5.92 Å². The third-order valence-corrected chi connectivity index (χ3v) is 4.89. The third-order valence-electron chi connectivity index (χ3n) is 4.89. The molecule has 1 aromatic heterocycles. The van der Waals surface area contributed by atoms with E-state index in [2.05, 4.69) is 36.4 Å². The van der Waals surface area contributed by atoms with Crippen molar-refractivity contribution in [2.45, 2.75) is 39.8 Å². The molecule has 1 N–H and O–H groups in total. The van der Waals surface area contributed by atoms with Crippen LogP contribution in [0.4, 0.5) is 0 Å². The Balaban J connectivity index is 1.60. The molecular weight excluding hydrogens is 390 g/mol. The molecule has 6 nitrogen and oxygen atoms in total. The number of nitrogens with zero attached hydrogens (tertiary/aromatic N) is 2. The number of carbonyl (C=O) groups is 1. The van der Waals surface area contributed by atoms with Crippen LogP contribution in [0.5, 0.6) is 5.75 Å². The van der Waals surface area contributed by atoms with Gasteiger partial charge in [-0.05, 0) is 48.6 Å². The molecule has 1 atom stereocenters. The standard InChI is InChI=1S/C25H29N3O3/c1-18(2)17-20-9-11-21(12-10-20)19(3)26-25(30)23-13-14-24(29)28(27-23)15-16-31-22-7-5-4-6-8-22/h4-14,18-19H,15-17H2,1-3H3,(H,26,30). The molecule has 0 spiro atoms. The van der Waals surface area contributed by atoms with E-state index in [-0.39, 0.29) is 36.4 Å². The van der Waals surface area contributed by atoms with Crippen molar-refractivity contribution in [3.63, 3.8) is 0 Å². The summed E-state index contributed by atoms with van der Waals surface area (Å²) in [7, 11) is 0. The molecule has 0 saturated carbocycles. The number of amides is 1. The lowest BCUT2D eigenvalue weighted by Gasteiger charge is -2.15. The Kier molecular flexibility index (Phi) is 7.60. The van der Waals surface area contributed by atoms with E-state index < -0.39 is 0 Å². The van der Waals surface area contributed by atoms with Crippen molar-refractivity contribution in [3.05, 3.63) is 93.9 Å². The van der Waals surface area contributed by atoms with Crippen molar-refractivity contribution in [2.24, 2.45) is 5.92 Å². The van der Waals surface area contributed by atoms with Crippen LogP contribution in [-0.2, 0) is 13.0 Å². The zero-order valence-electron chi connectivity index (χ0n) is 18.2. The van der Waals surface area contributed by atoms with Crippen LogP contribution < -0.4 is 15.6 Å². The van der Waals surface area contributed by atoms with Gasteiger partial charge in [0.2, 0.25) is 0 Å². The van der Waals surface area contributed by atoms with Gasteiger partial charge in [-0.3, -0.25) is 9.59 Å². The number of rotatable bonds is 9. The average Bonchev–Trinajstić information content (AvgIpc) is 2.75. The lowest BCUT2D eigenvalue weighted by atomic mass is 10.00. The first-order valence-corrected chi connectivity index (χ1v) is 10.6. The number of aromatic nitrogens is 2. The molecule has 0 aliphatic heterocycles. The van der Waals surface area contributed by atoms with Crippen LogP contribution in [0.1, 0.15) is 48.4 Å². The quantitative estimate of drug-likeness (QED) is 0.569. The molecule has 3 aromatic rings. The second-order valence-electron chi connectivity index (χ2n) is 7.98. The van der Waals surface area contributed by atoms with Gasteiger partial charge in [0.25, 0.3) is 11.5 Å². The Morgan fingerprint density at radius 3 is 2.39 bits per heavy atom. The second-order valence-corrected chi connectivity index (χ2v) is 7.98. The van der Waals surface area contributed by atoms with Crippen molar-refractivity contribution in [3.8, 4) is 5.75 Å². The van der Waals surface area contributed by atoms with Crippen molar-refractivity contribution in [1.82, 2.24) is 15.1 Å². The normalized spacial score (nSPS) is 11.9. The molecule has 1 unspecified atom stereocenters. The molecule has 0 radical (unpaired) electrons. The summed E-state index contributed by atoms with van der Waals surface area (Å²) in [5.74, 6) is 0.997. The average molecular weight is 420 g/mol. The smallest absolute Gasteiger partial charge is 0.272 e. The molecule has 0 aliphatic carbocycles. The molecule has 1 amide bonds. The zero-order valence-corrected chi connectivity index (χ0v) is 18.2. The maximum Gasteiger partial charge on any atom is 0.272 e. The number of hydrogen-bond acceptors (Lipinski definition) is 4. The maximum atomic E-state index is 12.7. The van der Waals surface area contributed by atoms with Gasteiger partial charge in [-0.15, -0.1) is 0 Å². The van der Waals surface area contributed by atoms with Crippen molar-refractivity contribution >= 4 is 5.91 Å². The third kappa shape index (κ3) is 6.54. The second kappa shape index (κ2) is 10.6. The summed E-state index contributed by atoms with van der Waals surface area (Å²) in [6.45, 7) is 6.84. The van der Waals surface area contributed by atoms with E-state index in [0.29, 0.717) is 5.92 Å². The Morgan fingerprint density at radius 1 is 1.00 bits per heavy atom. The number of nitrogens with one attached hydrogen (secondary N) is 1. The fourth-order valence-corrected chi connectivity index (χ4v) is 3.26. The molecule has 2 aromatic carbocycles. The summed E-state index contributed by atoms with van der Waals surface area (Å²) >= 11 is 0. The number of hydrogen-bond donors (Lipinski definition) is 1. The monoisotopic (exact) mass is 419 g/mol. The van der Waals surface area contributed by atoms with Crippen LogP contribution in [0.15, 0.2) is 71.5 Å². The zero-order chi connectivity index (χ0) is 22.2. The molecule has 0 aliphatic rings. The number of ether oxygens (including phenoxy) is 1. The van der Waals surface area contributed by atoms with E-state index in [1.54, 1.807) is 0 Å². The van der Waals surface area contributed by atoms with Crippen LogP contribution >= 0.6 is 0 Å². The Bertz CT molecular complexity index is 1040. The van der Waals surface area contributed by atoms with E-state index in [4.69, 9.17) is 4.74 Å². The predicted octanol–water partition coefficient (Wildman–Crippen LogP) is 4.01. The highest BCUT2D eigenvalue weighted by Gasteiger charge is 2.14. The molecule has 31 heavy (non-hydrogen) atoms. The van der Waals surface area contributed by atoms with E-state index in [1.165, 1.54) is 22.4 Å².